The smallest absolute Gasteiger partial charge is 0.308 e. The summed E-state index contributed by atoms with van der Waals surface area (Å²) in [6.45, 7) is 2.45. The predicted molar refractivity (Wildman–Crippen MR) is 74.1 cm³/mol. The van der Waals surface area contributed by atoms with E-state index in [1.165, 1.54) is 12.1 Å². The maximum absolute atomic E-state index is 13.7. The van der Waals surface area contributed by atoms with Crippen molar-refractivity contribution >= 4 is 11.9 Å². The van der Waals surface area contributed by atoms with Gasteiger partial charge in [0.2, 0.25) is 5.91 Å². The monoisotopic (exact) mass is 309 g/mol. The zero-order chi connectivity index (χ0) is 16.0. The normalized spacial score (nSPS) is 30.4. The Hall–Kier alpha value is -1.98. The van der Waals surface area contributed by atoms with Crippen LogP contribution in [0.4, 0.5) is 8.78 Å². The molecule has 2 fully saturated rings. The second-order valence-electron chi connectivity index (χ2n) is 6.28. The highest BCUT2D eigenvalue weighted by atomic mass is 19.1. The molecule has 4 atom stereocenters. The van der Waals surface area contributed by atoms with Gasteiger partial charge in [0.05, 0.1) is 5.92 Å². The number of benzene rings is 1. The van der Waals surface area contributed by atoms with Gasteiger partial charge in [0.1, 0.15) is 11.6 Å². The number of aliphatic carboxylic acids is 1. The number of carbonyl (C=O) groups excluding carboxylic acids is 1. The highest BCUT2D eigenvalue weighted by molar-refractivity contribution is 5.84. The Morgan fingerprint density at radius 3 is 2.55 bits per heavy atom. The molecule has 6 heteroatoms. The van der Waals surface area contributed by atoms with Crippen LogP contribution in [0.1, 0.15) is 24.8 Å². The van der Waals surface area contributed by atoms with E-state index in [4.69, 9.17) is 5.11 Å². The number of carbonyl (C=O) groups is 2. The van der Waals surface area contributed by atoms with E-state index in [0.717, 1.165) is 6.07 Å². The average Bonchev–Trinajstić information content (AvgIpc) is 3.12. The highest BCUT2D eigenvalue weighted by Crippen LogP contribution is 2.49. The lowest BCUT2D eigenvalue weighted by atomic mass is 9.99. The number of carboxylic acids is 1. The summed E-state index contributed by atoms with van der Waals surface area (Å²) in [5.74, 6) is -3.44. The summed E-state index contributed by atoms with van der Waals surface area (Å²) in [4.78, 5) is 25.1. The Labute approximate surface area is 126 Å². The van der Waals surface area contributed by atoms with Gasteiger partial charge in [-0.25, -0.2) is 8.78 Å². The minimum Gasteiger partial charge on any atom is -0.481 e. The van der Waals surface area contributed by atoms with Gasteiger partial charge in [0, 0.05) is 25.1 Å². The SMILES string of the molecule is C[C@@H]1CN(C(=O)C2CC2c2ccc(F)cc2F)C[C@H]1C(=O)O. The van der Waals surface area contributed by atoms with Crippen LogP contribution in [0.25, 0.3) is 0 Å². The molecule has 3 rings (SSSR count). The first-order chi connectivity index (χ1) is 10.4. The lowest BCUT2D eigenvalue weighted by Gasteiger charge is -2.16. The van der Waals surface area contributed by atoms with E-state index in [9.17, 15) is 18.4 Å². The molecule has 1 aromatic rings. The number of likely N-dealkylation sites (tertiary alicyclic amines) is 1. The molecule has 2 aliphatic rings. The van der Waals surface area contributed by atoms with E-state index in [1.807, 2.05) is 6.92 Å². The lowest BCUT2D eigenvalue weighted by molar-refractivity contribution is -0.142. The average molecular weight is 309 g/mol. The molecule has 2 unspecified atom stereocenters. The molecule has 1 aliphatic heterocycles. The molecule has 1 N–H and O–H groups in total. The van der Waals surface area contributed by atoms with Crippen molar-refractivity contribution in [3.63, 3.8) is 0 Å². The van der Waals surface area contributed by atoms with Crippen molar-refractivity contribution in [2.45, 2.75) is 19.3 Å². The maximum Gasteiger partial charge on any atom is 0.308 e. The molecule has 4 nitrogen and oxygen atoms in total. The van der Waals surface area contributed by atoms with Crippen molar-refractivity contribution in [1.82, 2.24) is 4.90 Å². The predicted octanol–water partition coefficient (Wildman–Crippen LogP) is 2.25. The summed E-state index contributed by atoms with van der Waals surface area (Å²) in [5, 5.41) is 9.11. The van der Waals surface area contributed by atoms with Crippen LogP contribution in [0.3, 0.4) is 0 Å². The quantitative estimate of drug-likeness (QED) is 0.931. The van der Waals surface area contributed by atoms with Gasteiger partial charge >= 0.3 is 5.97 Å². The van der Waals surface area contributed by atoms with Crippen molar-refractivity contribution in [2.75, 3.05) is 13.1 Å². The third kappa shape index (κ3) is 2.58. The Kier molecular flexibility index (Phi) is 3.62. The molecule has 1 amide bonds. The zero-order valence-electron chi connectivity index (χ0n) is 12.1. The fourth-order valence-electron chi connectivity index (χ4n) is 3.32. The first-order valence-electron chi connectivity index (χ1n) is 7.35. The third-order valence-electron chi connectivity index (χ3n) is 4.71. The number of amides is 1. The van der Waals surface area contributed by atoms with Crippen LogP contribution in [0.15, 0.2) is 18.2 Å². The number of nitrogens with zero attached hydrogens (tertiary/aromatic N) is 1. The van der Waals surface area contributed by atoms with Gasteiger partial charge in [-0.3, -0.25) is 9.59 Å². The molecule has 118 valence electrons. The summed E-state index contributed by atoms with van der Waals surface area (Å²) < 4.78 is 26.7. The van der Waals surface area contributed by atoms with Crippen LogP contribution in [-0.4, -0.2) is 35.0 Å². The van der Waals surface area contributed by atoms with Crippen molar-refractivity contribution in [1.29, 1.82) is 0 Å². The van der Waals surface area contributed by atoms with Gasteiger partial charge in [-0.05, 0) is 29.9 Å². The molecule has 1 saturated heterocycles. The van der Waals surface area contributed by atoms with Gasteiger partial charge in [0.25, 0.3) is 0 Å². The lowest BCUT2D eigenvalue weighted by Crippen LogP contribution is -2.31. The van der Waals surface area contributed by atoms with Crippen LogP contribution in [-0.2, 0) is 9.59 Å². The minimum atomic E-state index is -0.889. The third-order valence-corrected chi connectivity index (χ3v) is 4.71. The molecule has 0 aromatic heterocycles. The standard InChI is InChI=1S/C16H17F2NO3/c1-8-6-19(7-13(8)16(21)22)15(20)12-5-11(12)10-3-2-9(17)4-14(10)18/h2-4,8,11-13H,5-7H2,1H3,(H,21,22)/t8-,11?,12?,13-/m1/s1. The van der Waals surface area contributed by atoms with Crippen LogP contribution >= 0.6 is 0 Å². The maximum atomic E-state index is 13.7. The molecular formula is C16H17F2NO3. The molecule has 0 bridgehead atoms. The van der Waals surface area contributed by atoms with E-state index in [1.54, 1.807) is 4.90 Å². The summed E-state index contributed by atoms with van der Waals surface area (Å²) in [5.41, 5.74) is 0.363. The van der Waals surface area contributed by atoms with Crippen molar-refractivity contribution in [3.05, 3.63) is 35.4 Å². The van der Waals surface area contributed by atoms with E-state index in [-0.39, 0.29) is 30.2 Å². The molecule has 1 heterocycles. The van der Waals surface area contributed by atoms with Crippen molar-refractivity contribution < 1.29 is 23.5 Å². The number of carboxylic acid groups (broad SMARTS) is 1. The van der Waals surface area contributed by atoms with Gasteiger partial charge in [-0.2, -0.15) is 0 Å². The minimum absolute atomic E-state index is 0.0822. The van der Waals surface area contributed by atoms with Crippen LogP contribution in [0.2, 0.25) is 0 Å². The fourth-order valence-corrected chi connectivity index (χ4v) is 3.32. The Balaban J connectivity index is 1.67. The molecular weight excluding hydrogens is 292 g/mol. The molecule has 1 saturated carbocycles. The van der Waals surface area contributed by atoms with Gasteiger partial charge in [-0.1, -0.05) is 13.0 Å². The largest absolute Gasteiger partial charge is 0.481 e. The number of hydrogen-bond donors (Lipinski definition) is 1. The van der Waals surface area contributed by atoms with E-state index in [2.05, 4.69) is 0 Å². The second kappa shape index (κ2) is 5.34. The van der Waals surface area contributed by atoms with Crippen LogP contribution in [0.5, 0.6) is 0 Å². The molecule has 22 heavy (non-hydrogen) atoms. The van der Waals surface area contributed by atoms with E-state index in [0.29, 0.717) is 18.5 Å². The Morgan fingerprint density at radius 1 is 1.23 bits per heavy atom. The molecule has 1 aliphatic carbocycles. The van der Waals surface area contributed by atoms with E-state index < -0.39 is 23.5 Å². The summed E-state index contributed by atoms with van der Waals surface area (Å²) in [6, 6.07) is 3.40. The molecule has 0 spiro atoms. The summed E-state index contributed by atoms with van der Waals surface area (Å²) in [6.07, 6.45) is 0.532. The molecule has 1 aromatic carbocycles. The van der Waals surface area contributed by atoms with Gasteiger partial charge in [-0.15, -0.1) is 0 Å². The second-order valence-corrected chi connectivity index (χ2v) is 6.28. The topological polar surface area (TPSA) is 57.6 Å². The van der Waals surface area contributed by atoms with Crippen molar-refractivity contribution in [3.8, 4) is 0 Å². The first kappa shape index (κ1) is 14.9. The summed E-state index contributed by atoms with van der Waals surface area (Å²) >= 11 is 0. The zero-order valence-corrected chi connectivity index (χ0v) is 12.1. The first-order valence-corrected chi connectivity index (χ1v) is 7.35. The molecule has 0 radical (unpaired) electrons. The Morgan fingerprint density at radius 2 is 1.95 bits per heavy atom. The van der Waals surface area contributed by atoms with E-state index >= 15 is 0 Å². The highest BCUT2D eigenvalue weighted by Gasteiger charge is 2.49. The van der Waals surface area contributed by atoms with Crippen LogP contribution < -0.4 is 0 Å². The summed E-state index contributed by atoms with van der Waals surface area (Å²) in [7, 11) is 0. The van der Waals surface area contributed by atoms with Gasteiger partial charge < -0.3 is 10.0 Å². The fraction of sp³-hybridized carbons (Fsp3) is 0.500. The van der Waals surface area contributed by atoms with Crippen molar-refractivity contribution in [2.24, 2.45) is 17.8 Å². The number of rotatable bonds is 3. The Bertz CT molecular complexity index is 634. The van der Waals surface area contributed by atoms with Gasteiger partial charge in [0.15, 0.2) is 0 Å². The number of hydrogen-bond acceptors (Lipinski definition) is 2. The van der Waals surface area contributed by atoms with Crippen LogP contribution in [0, 0.1) is 29.4 Å². The number of halogens is 2.